The van der Waals surface area contributed by atoms with Crippen molar-refractivity contribution in [2.24, 2.45) is 0 Å². The first-order valence-electron chi connectivity index (χ1n) is 40.2. The van der Waals surface area contributed by atoms with E-state index in [1.807, 2.05) is 21.1 Å². The van der Waals surface area contributed by atoms with Crippen LogP contribution >= 0.6 is 7.82 Å². The third-order valence-electron chi connectivity index (χ3n) is 16.6. The van der Waals surface area contributed by atoms with Crippen LogP contribution in [-0.4, -0.2) is 74.9 Å². The predicted molar refractivity (Wildman–Crippen MR) is 435 cm³/mol. The highest BCUT2D eigenvalue weighted by atomic mass is 31.2. The Labute approximate surface area is 615 Å². The lowest BCUT2D eigenvalue weighted by molar-refractivity contribution is -0.870. The van der Waals surface area contributed by atoms with E-state index in [1.54, 1.807) is 0 Å². The van der Waals surface area contributed by atoms with Gasteiger partial charge in [0.25, 0.3) is 0 Å². The largest absolute Gasteiger partial charge is 0.472 e. The van der Waals surface area contributed by atoms with Crippen LogP contribution in [0.4, 0.5) is 0 Å². The van der Waals surface area contributed by atoms with E-state index < -0.39 is 26.5 Å². The van der Waals surface area contributed by atoms with Gasteiger partial charge in [0.15, 0.2) is 6.10 Å². The smallest absolute Gasteiger partial charge is 0.462 e. The number of quaternary nitrogens is 1. The van der Waals surface area contributed by atoms with Gasteiger partial charge in [-0.2, -0.15) is 0 Å². The molecule has 0 saturated carbocycles. The van der Waals surface area contributed by atoms with Crippen molar-refractivity contribution in [1.82, 2.24) is 0 Å². The van der Waals surface area contributed by atoms with Crippen LogP contribution in [0.1, 0.15) is 309 Å². The molecule has 10 heteroatoms. The zero-order valence-corrected chi connectivity index (χ0v) is 65.5. The van der Waals surface area contributed by atoms with Gasteiger partial charge < -0.3 is 18.9 Å². The highest BCUT2D eigenvalue weighted by Crippen LogP contribution is 2.43. The molecule has 1 N–H and O–H groups in total. The number of ether oxygens (including phenoxy) is 2. The maximum absolute atomic E-state index is 12.9. The SMILES string of the molecule is CC/C=C\C/C=C\C/C=C\C/C=C\C/C=C\C/C=C\C/C=C\C/C=C\C/C=C\C/C=C\C/C=C\C/C=C\CCCCC(=O)OC(COC(=O)CCCCCCCCCCCCCCCCCCCCCCCCCC/C=C\C/C=C\C/C=C\C/C=C\CC)COP(=O)(O)OCC[N+](C)(C)C. The molecule has 0 spiro atoms. The van der Waals surface area contributed by atoms with Crippen molar-refractivity contribution in [2.75, 3.05) is 47.5 Å². The molecular weight excluding hydrogens is 1250 g/mol. The number of hydrogen-bond acceptors (Lipinski definition) is 7. The third-order valence-corrected chi connectivity index (χ3v) is 17.6. The summed E-state index contributed by atoms with van der Waals surface area (Å²) in [6.07, 6.45) is 122. The number of nitrogens with zero attached hydrogens (tertiary/aromatic N) is 1. The summed E-state index contributed by atoms with van der Waals surface area (Å²) in [6, 6.07) is 0. The van der Waals surface area contributed by atoms with Crippen LogP contribution in [0, 0.1) is 0 Å². The molecule has 0 aromatic carbocycles. The van der Waals surface area contributed by atoms with Gasteiger partial charge in [-0.3, -0.25) is 18.6 Å². The normalized spacial score (nSPS) is 14.1. The number of phosphoric acid groups is 1. The van der Waals surface area contributed by atoms with Gasteiger partial charge in [-0.25, -0.2) is 4.57 Å². The Morgan fingerprint density at radius 1 is 0.310 bits per heavy atom. The number of likely N-dealkylation sites (N-methyl/N-ethyl adjacent to an activating group) is 1. The zero-order valence-electron chi connectivity index (χ0n) is 64.6. The Kier molecular flexibility index (Phi) is 74.0. The van der Waals surface area contributed by atoms with Crippen LogP contribution in [-0.2, 0) is 32.7 Å². The fourth-order valence-corrected chi connectivity index (χ4v) is 11.3. The number of carbonyl (C=O) groups is 2. The van der Waals surface area contributed by atoms with Crippen LogP contribution in [0.15, 0.2) is 194 Å². The van der Waals surface area contributed by atoms with Crippen molar-refractivity contribution >= 4 is 19.8 Å². The second-order valence-electron chi connectivity index (χ2n) is 27.3. The summed E-state index contributed by atoms with van der Waals surface area (Å²) in [5.74, 6) is -0.851. The first-order valence-corrected chi connectivity index (χ1v) is 41.7. The van der Waals surface area contributed by atoms with E-state index in [2.05, 4.69) is 208 Å². The molecular formula is C90H149NO8P+. The summed E-state index contributed by atoms with van der Waals surface area (Å²) >= 11 is 0. The van der Waals surface area contributed by atoms with Crippen molar-refractivity contribution in [3.8, 4) is 0 Å². The molecule has 0 fully saturated rings. The van der Waals surface area contributed by atoms with Gasteiger partial charge in [-0.1, -0.05) is 350 Å². The Balaban J connectivity index is 4.09. The molecule has 100 heavy (non-hydrogen) atoms. The van der Waals surface area contributed by atoms with E-state index in [-0.39, 0.29) is 32.0 Å². The number of esters is 2. The molecule has 2 atom stereocenters. The molecule has 0 amide bonds. The maximum atomic E-state index is 12.9. The van der Waals surface area contributed by atoms with Crippen LogP contribution in [0.3, 0.4) is 0 Å². The minimum atomic E-state index is -4.42. The maximum Gasteiger partial charge on any atom is 0.472 e. The van der Waals surface area contributed by atoms with Crippen molar-refractivity contribution in [3.05, 3.63) is 194 Å². The number of rotatable bonds is 72. The summed E-state index contributed by atoms with van der Waals surface area (Å²) in [6.45, 7) is 4.16. The van der Waals surface area contributed by atoms with Gasteiger partial charge in [0, 0.05) is 12.8 Å². The monoisotopic (exact) mass is 1400 g/mol. The first kappa shape index (κ1) is 94.8. The lowest BCUT2D eigenvalue weighted by Crippen LogP contribution is -2.37. The van der Waals surface area contributed by atoms with Gasteiger partial charge >= 0.3 is 19.8 Å². The van der Waals surface area contributed by atoms with Crippen LogP contribution in [0.25, 0.3) is 0 Å². The van der Waals surface area contributed by atoms with Gasteiger partial charge in [-0.05, 0) is 141 Å². The van der Waals surface area contributed by atoms with Crippen molar-refractivity contribution in [1.29, 1.82) is 0 Å². The summed E-state index contributed by atoms with van der Waals surface area (Å²) in [5, 5.41) is 0. The van der Waals surface area contributed by atoms with Gasteiger partial charge in [0.1, 0.15) is 19.8 Å². The fraction of sp³-hybridized carbons (Fsp3) is 0.622. The van der Waals surface area contributed by atoms with E-state index in [0.29, 0.717) is 17.4 Å². The summed E-state index contributed by atoms with van der Waals surface area (Å²) in [7, 11) is 1.43. The van der Waals surface area contributed by atoms with Crippen molar-refractivity contribution in [3.63, 3.8) is 0 Å². The number of unbranched alkanes of at least 4 members (excludes halogenated alkanes) is 26. The fourth-order valence-electron chi connectivity index (χ4n) is 10.6. The molecule has 0 aliphatic carbocycles. The Bertz CT molecular complexity index is 2400. The molecule has 0 bridgehead atoms. The number of hydrogen-bond donors (Lipinski definition) is 1. The minimum Gasteiger partial charge on any atom is -0.462 e. The molecule has 0 heterocycles. The van der Waals surface area contributed by atoms with Crippen LogP contribution < -0.4 is 0 Å². The minimum absolute atomic E-state index is 0.0148. The Morgan fingerprint density at radius 3 is 0.820 bits per heavy atom. The molecule has 566 valence electrons. The molecule has 0 aromatic rings. The molecule has 0 rings (SSSR count). The average molecular weight is 1400 g/mol. The quantitative estimate of drug-likeness (QED) is 0.0211. The number of allylic oxidation sites excluding steroid dienone is 32. The lowest BCUT2D eigenvalue weighted by Gasteiger charge is -2.24. The topological polar surface area (TPSA) is 108 Å². The molecule has 2 unspecified atom stereocenters. The van der Waals surface area contributed by atoms with E-state index in [1.165, 1.54) is 141 Å². The molecule has 0 radical (unpaired) electrons. The van der Waals surface area contributed by atoms with E-state index in [9.17, 15) is 19.0 Å². The van der Waals surface area contributed by atoms with Crippen molar-refractivity contribution < 1.29 is 42.1 Å². The molecule has 0 aliphatic heterocycles. The average Bonchev–Trinajstić information content (AvgIpc) is 1.07. The highest BCUT2D eigenvalue weighted by molar-refractivity contribution is 7.47. The number of phosphoric ester groups is 1. The standard InChI is InChI=1S/C90H148NO8P/c1-6-8-10-12-14-16-18-20-22-24-26-28-30-32-34-36-38-40-42-44-45-47-49-51-53-55-57-59-61-63-65-67-69-71-73-75-77-79-81-83-90(93)99-88(87-98-100(94,95)97-85-84-91(3,4)5)86-96-89(92)82-80-78-76-74-72-70-68-66-64-62-60-58-56-54-52-50-48-46-43-41-39-37-35-33-31-29-27-25-23-21-19-17-15-13-11-9-7-2/h8-11,14-17,20-23,26-29,32,34,38,40,44-45,49,51,55,57,61,63,67,69,73,75,88H,6-7,12-13,18-19,24-25,30-31,33,35-37,39,41-43,46-48,50,52-54,56,58-60,62,64-66,68,70-72,74,76-87H2,1-5H3/p+1/b10-8-,11-9-,16-14-,17-15-,22-20-,23-21-,28-26-,29-27-,34-32-,40-38-,45-44-,51-49-,57-55-,63-61-,69-67-,75-73-. The Morgan fingerprint density at radius 2 is 0.540 bits per heavy atom. The summed E-state index contributed by atoms with van der Waals surface area (Å²) in [5.41, 5.74) is 0. The van der Waals surface area contributed by atoms with Gasteiger partial charge in [0.05, 0.1) is 27.7 Å². The van der Waals surface area contributed by atoms with Crippen LogP contribution in [0.2, 0.25) is 0 Å². The second-order valence-corrected chi connectivity index (χ2v) is 28.8. The molecule has 0 aliphatic rings. The molecule has 9 nitrogen and oxygen atoms in total. The summed E-state index contributed by atoms with van der Waals surface area (Å²) in [4.78, 5) is 36.0. The van der Waals surface area contributed by atoms with Crippen molar-refractivity contribution in [2.45, 2.75) is 315 Å². The lowest BCUT2D eigenvalue weighted by atomic mass is 10.0. The highest BCUT2D eigenvalue weighted by Gasteiger charge is 2.27. The Hall–Kier alpha value is -5.15. The van der Waals surface area contributed by atoms with E-state index in [4.69, 9.17) is 18.5 Å². The second kappa shape index (κ2) is 78.0. The predicted octanol–water partition coefficient (Wildman–Crippen LogP) is 27.2. The molecule has 0 saturated heterocycles. The molecule has 0 aromatic heterocycles. The number of carbonyl (C=O) groups excluding carboxylic acids is 2. The van der Waals surface area contributed by atoms with E-state index >= 15 is 0 Å². The van der Waals surface area contributed by atoms with Gasteiger partial charge in [0.2, 0.25) is 0 Å². The first-order chi connectivity index (χ1) is 49.0. The third kappa shape index (κ3) is 81.8. The van der Waals surface area contributed by atoms with E-state index in [0.717, 1.165) is 135 Å². The van der Waals surface area contributed by atoms with Crippen LogP contribution in [0.5, 0.6) is 0 Å². The summed E-state index contributed by atoms with van der Waals surface area (Å²) < 4.78 is 34.7. The zero-order chi connectivity index (χ0) is 72.5. The van der Waals surface area contributed by atoms with Gasteiger partial charge in [-0.15, -0.1) is 0 Å².